The average Bonchev–Trinajstić information content (AvgIpc) is 2.73. The molecule has 0 saturated heterocycles. The van der Waals surface area contributed by atoms with Crippen LogP contribution in [0.1, 0.15) is 23.4 Å². The third kappa shape index (κ3) is 3.26. The van der Waals surface area contributed by atoms with Crippen LogP contribution in [0.5, 0.6) is 0 Å². The van der Waals surface area contributed by atoms with Crippen molar-refractivity contribution in [1.82, 2.24) is 0 Å². The minimum atomic E-state index is -0.342. The third-order valence-corrected chi connectivity index (χ3v) is 4.13. The second-order valence-electron chi connectivity index (χ2n) is 4.52. The number of nitrogens with zero attached hydrogens (tertiary/aromatic N) is 1. The van der Waals surface area contributed by atoms with E-state index in [4.69, 9.17) is 17.3 Å². The van der Waals surface area contributed by atoms with E-state index in [0.29, 0.717) is 12.1 Å². The summed E-state index contributed by atoms with van der Waals surface area (Å²) < 4.78 is 14.6. The first-order valence-corrected chi connectivity index (χ1v) is 7.18. The van der Waals surface area contributed by atoms with Crippen molar-refractivity contribution in [3.8, 4) is 0 Å². The van der Waals surface area contributed by atoms with E-state index < -0.39 is 0 Å². The van der Waals surface area contributed by atoms with Gasteiger partial charge in [0.1, 0.15) is 5.82 Å². The SMILES string of the molecule is CC(N)c1c(F)cccc1N(C)Cc1ccc(Cl)s1. The first-order valence-electron chi connectivity index (χ1n) is 5.98. The molecule has 0 amide bonds. The molecule has 0 aliphatic heterocycles. The molecule has 102 valence electrons. The predicted octanol–water partition coefficient (Wildman–Crippen LogP) is 4.20. The summed E-state index contributed by atoms with van der Waals surface area (Å²) in [5.41, 5.74) is 7.23. The monoisotopic (exact) mass is 298 g/mol. The molecule has 0 bridgehead atoms. The number of benzene rings is 1. The fourth-order valence-corrected chi connectivity index (χ4v) is 3.21. The highest BCUT2D eigenvalue weighted by atomic mass is 35.5. The van der Waals surface area contributed by atoms with E-state index in [1.54, 1.807) is 13.0 Å². The van der Waals surface area contributed by atoms with Gasteiger partial charge in [0.2, 0.25) is 0 Å². The number of anilines is 1. The molecular formula is C14H16ClFN2S. The highest BCUT2D eigenvalue weighted by molar-refractivity contribution is 7.16. The second kappa shape index (κ2) is 5.90. The zero-order valence-electron chi connectivity index (χ0n) is 10.9. The third-order valence-electron chi connectivity index (χ3n) is 2.92. The first-order chi connectivity index (χ1) is 8.99. The zero-order chi connectivity index (χ0) is 14.0. The number of rotatable bonds is 4. The maximum Gasteiger partial charge on any atom is 0.130 e. The lowest BCUT2D eigenvalue weighted by atomic mass is 10.1. The molecule has 1 heterocycles. The predicted molar refractivity (Wildman–Crippen MR) is 80.4 cm³/mol. The van der Waals surface area contributed by atoms with Crippen LogP contribution in [0, 0.1) is 5.82 Å². The molecule has 1 atom stereocenters. The normalized spacial score (nSPS) is 12.5. The molecule has 5 heteroatoms. The van der Waals surface area contributed by atoms with Gasteiger partial charge in [-0.3, -0.25) is 0 Å². The largest absolute Gasteiger partial charge is 0.369 e. The summed E-state index contributed by atoms with van der Waals surface area (Å²) in [4.78, 5) is 3.12. The van der Waals surface area contributed by atoms with Crippen molar-refractivity contribution in [3.63, 3.8) is 0 Å². The Morgan fingerprint density at radius 3 is 2.68 bits per heavy atom. The summed E-state index contributed by atoms with van der Waals surface area (Å²) in [6, 6.07) is 8.54. The van der Waals surface area contributed by atoms with Crippen LogP contribution in [-0.2, 0) is 6.54 Å². The lowest BCUT2D eigenvalue weighted by Gasteiger charge is -2.23. The van der Waals surface area contributed by atoms with Gasteiger partial charge in [-0.05, 0) is 31.2 Å². The Morgan fingerprint density at radius 1 is 1.37 bits per heavy atom. The van der Waals surface area contributed by atoms with Crippen molar-refractivity contribution in [1.29, 1.82) is 0 Å². The Balaban J connectivity index is 2.28. The van der Waals surface area contributed by atoms with Gasteiger partial charge in [0, 0.05) is 29.2 Å². The van der Waals surface area contributed by atoms with E-state index in [-0.39, 0.29) is 11.9 Å². The van der Waals surface area contributed by atoms with Gasteiger partial charge in [0.25, 0.3) is 0 Å². The minimum absolute atomic E-state index is 0.261. The van der Waals surface area contributed by atoms with Crippen molar-refractivity contribution in [2.45, 2.75) is 19.5 Å². The van der Waals surface area contributed by atoms with E-state index in [2.05, 4.69) is 0 Å². The fraction of sp³-hybridized carbons (Fsp3) is 0.286. The molecule has 0 spiro atoms. The van der Waals surface area contributed by atoms with Gasteiger partial charge in [-0.25, -0.2) is 4.39 Å². The quantitative estimate of drug-likeness (QED) is 0.917. The molecule has 0 fully saturated rings. The number of nitrogens with two attached hydrogens (primary N) is 1. The number of halogens is 2. The van der Waals surface area contributed by atoms with E-state index in [1.807, 2.05) is 30.1 Å². The van der Waals surface area contributed by atoms with E-state index in [9.17, 15) is 4.39 Å². The van der Waals surface area contributed by atoms with Crippen molar-refractivity contribution >= 4 is 28.6 Å². The summed E-state index contributed by atoms with van der Waals surface area (Å²) in [6.45, 7) is 2.47. The van der Waals surface area contributed by atoms with E-state index in [1.165, 1.54) is 17.4 Å². The molecule has 2 nitrogen and oxygen atoms in total. The minimum Gasteiger partial charge on any atom is -0.369 e. The van der Waals surface area contributed by atoms with Crippen LogP contribution in [0.15, 0.2) is 30.3 Å². The molecular weight excluding hydrogens is 283 g/mol. The van der Waals surface area contributed by atoms with Crippen LogP contribution in [0.4, 0.5) is 10.1 Å². The van der Waals surface area contributed by atoms with Gasteiger partial charge in [0.15, 0.2) is 0 Å². The Bertz CT molecular complexity index is 568. The maximum atomic E-state index is 13.9. The van der Waals surface area contributed by atoms with Crippen LogP contribution in [0.3, 0.4) is 0 Å². The topological polar surface area (TPSA) is 29.3 Å². The Labute approximate surface area is 121 Å². The van der Waals surface area contributed by atoms with Crippen molar-refractivity contribution in [2.75, 3.05) is 11.9 Å². The summed E-state index contributed by atoms with van der Waals surface area (Å²) in [6.07, 6.45) is 0. The number of thiophene rings is 1. The van der Waals surface area contributed by atoms with Gasteiger partial charge >= 0.3 is 0 Å². The molecule has 0 aliphatic rings. The molecule has 0 radical (unpaired) electrons. The molecule has 19 heavy (non-hydrogen) atoms. The lowest BCUT2D eigenvalue weighted by Crippen LogP contribution is -2.20. The van der Waals surface area contributed by atoms with Crippen LogP contribution in [0.25, 0.3) is 0 Å². The molecule has 0 aliphatic carbocycles. The second-order valence-corrected chi connectivity index (χ2v) is 6.32. The Kier molecular flexibility index (Phi) is 4.45. The molecule has 1 aromatic carbocycles. The van der Waals surface area contributed by atoms with E-state index in [0.717, 1.165) is 14.9 Å². The summed E-state index contributed by atoms with van der Waals surface area (Å²) in [5.74, 6) is -0.261. The number of hydrogen-bond acceptors (Lipinski definition) is 3. The summed E-state index contributed by atoms with van der Waals surface area (Å²) in [5, 5.41) is 0. The highest BCUT2D eigenvalue weighted by Crippen LogP contribution is 2.30. The van der Waals surface area contributed by atoms with Gasteiger partial charge in [0.05, 0.1) is 10.9 Å². The van der Waals surface area contributed by atoms with Crippen molar-refractivity contribution in [2.24, 2.45) is 5.73 Å². The Hall–Kier alpha value is -1.10. The zero-order valence-corrected chi connectivity index (χ0v) is 12.4. The fourth-order valence-electron chi connectivity index (χ4n) is 2.06. The highest BCUT2D eigenvalue weighted by Gasteiger charge is 2.15. The van der Waals surface area contributed by atoms with Gasteiger partial charge in [-0.1, -0.05) is 17.7 Å². The average molecular weight is 299 g/mol. The Morgan fingerprint density at radius 2 is 2.11 bits per heavy atom. The molecule has 2 rings (SSSR count). The summed E-state index contributed by atoms with van der Waals surface area (Å²) >= 11 is 7.44. The summed E-state index contributed by atoms with van der Waals surface area (Å²) in [7, 11) is 1.92. The number of hydrogen-bond donors (Lipinski definition) is 1. The van der Waals surface area contributed by atoms with Crippen molar-refractivity contribution < 1.29 is 4.39 Å². The van der Waals surface area contributed by atoms with Gasteiger partial charge < -0.3 is 10.6 Å². The molecule has 2 N–H and O–H groups in total. The van der Waals surface area contributed by atoms with Gasteiger partial charge in [-0.2, -0.15) is 0 Å². The maximum absolute atomic E-state index is 13.9. The lowest BCUT2D eigenvalue weighted by molar-refractivity contribution is 0.592. The first kappa shape index (κ1) is 14.3. The molecule has 0 saturated carbocycles. The molecule has 1 aromatic heterocycles. The smallest absolute Gasteiger partial charge is 0.130 e. The van der Waals surface area contributed by atoms with E-state index >= 15 is 0 Å². The molecule has 1 unspecified atom stereocenters. The molecule has 2 aromatic rings. The van der Waals surface area contributed by atoms with Crippen LogP contribution in [0.2, 0.25) is 4.34 Å². The van der Waals surface area contributed by atoms with Crippen LogP contribution >= 0.6 is 22.9 Å². The standard InChI is InChI=1S/C14H16ClFN2S/c1-9(17)14-11(16)4-3-5-12(14)18(2)8-10-6-7-13(15)19-10/h3-7,9H,8,17H2,1-2H3. The van der Waals surface area contributed by atoms with Crippen molar-refractivity contribution in [3.05, 3.63) is 50.9 Å². The van der Waals surface area contributed by atoms with Crippen LogP contribution < -0.4 is 10.6 Å². The van der Waals surface area contributed by atoms with Crippen LogP contribution in [-0.4, -0.2) is 7.05 Å². The van der Waals surface area contributed by atoms with Gasteiger partial charge in [-0.15, -0.1) is 11.3 Å².